The Morgan fingerprint density at radius 2 is 1.20 bits per heavy atom. The Balaban J connectivity index is 4.70. The first kappa shape index (κ1) is 19.3. The lowest BCUT2D eigenvalue weighted by atomic mass is 10.1. The molecule has 0 saturated heterocycles. The van der Waals surface area contributed by atoms with Gasteiger partial charge in [0.05, 0.1) is 11.2 Å². The van der Waals surface area contributed by atoms with Gasteiger partial charge in [0.1, 0.15) is 6.42 Å². The molecule has 0 atom stereocenters. The summed E-state index contributed by atoms with van der Waals surface area (Å²) in [7, 11) is 0. The molecule has 0 unspecified atom stereocenters. The van der Waals surface area contributed by atoms with Gasteiger partial charge in [-0.1, -0.05) is 13.8 Å². The van der Waals surface area contributed by atoms with Crippen LogP contribution in [0.3, 0.4) is 0 Å². The molecule has 1 N–H and O–H groups in total. The van der Waals surface area contributed by atoms with E-state index >= 15 is 0 Å². The molecular weight excluding hydrogens is 264 g/mol. The normalized spacial score (nSPS) is 13.6. The van der Waals surface area contributed by atoms with Crippen molar-refractivity contribution in [2.24, 2.45) is 0 Å². The number of rotatable bonds is 10. The minimum atomic E-state index is -1.51. The summed E-state index contributed by atoms with van der Waals surface area (Å²) < 4.78 is 0. The Bertz CT molecular complexity index is 291. The predicted molar refractivity (Wildman–Crippen MR) is 73.7 cm³/mol. The predicted octanol–water partition coefficient (Wildman–Crippen LogP) is 3.45. The van der Waals surface area contributed by atoms with Crippen LogP contribution in [0.15, 0.2) is 0 Å². The van der Waals surface area contributed by atoms with Gasteiger partial charge in [-0.25, -0.2) is 9.78 Å². The van der Waals surface area contributed by atoms with E-state index in [2.05, 4.69) is 0 Å². The molecule has 0 amide bonds. The van der Waals surface area contributed by atoms with E-state index in [1.165, 1.54) is 6.92 Å². The summed E-state index contributed by atoms with van der Waals surface area (Å²) in [6.45, 7) is 12.7. The molecule has 0 radical (unpaired) electrons. The van der Waals surface area contributed by atoms with Gasteiger partial charge in [0, 0.05) is 0 Å². The highest BCUT2D eigenvalue weighted by Crippen LogP contribution is 2.26. The van der Waals surface area contributed by atoms with Gasteiger partial charge < -0.3 is 5.11 Å². The van der Waals surface area contributed by atoms with E-state index in [0.29, 0.717) is 12.8 Å². The minimum absolute atomic E-state index is 0.396. The molecule has 6 heteroatoms. The van der Waals surface area contributed by atoms with Gasteiger partial charge in [0.2, 0.25) is 5.79 Å². The topological polar surface area (TPSA) is 74.2 Å². The number of hydrogen-bond acceptors (Lipinski definition) is 5. The molecular formula is C14H28O6. The molecule has 6 nitrogen and oxygen atoms in total. The van der Waals surface area contributed by atoms with Crippen molar-refractivity contribution in [3.05, 3.63) is 0 Å². The Morgan fingerprint density at radius 3 is 1.45 bits per heavy atom. The summed E-state index contributed by atoms with van der Waals surface area (Å²) in [5.74, 6) is -2.58. The van der Waals surface area contributed by atoms with Crippen LogP contribution in [0.5, 0.6) is 0 Å². The number of hydrogen-bond donors (Lipinski definition) is 1. The average Bonchev–Trinajstić information content (AvgIpc) is 2.34. The third-order valence-electron chi connectivity index (χ3n) is 3.06. The summed E-state index contributed by atoms with van der Waals surface area (Å²) in [6, 6.07) is 0. The first-order valence-electron chi connectivity index (χ1n) is 6.91. The van der Waals surface area contributed by atoms with E-state index in [0.717, 1.165) is 0 Å². The van der Waals surface area contributed by atoms with E-state index in [1.54, 1.807) is 0 Å². The Morgan fingerprint density at radius 1 is 0.850 bits per heavy atom. The van der Waals surface area contributed by atoms with Gasteiger partial charge in [-0.05, 0) is 47.5 Å². The molecule has 0 fully saturated rings. The Hall–Kier alpha value is -0.690. The third kappa shape index (κ3) is 7.79. The van der Waals surface area contributed by atoms with Crippen molar-refractivity contribution in [3.63, 3.8) is 0 Å². The molecule has 20 heavy (non-hydrogen) atoms. The molecule has 0 aromatic carbocycles. The highest BCUT2D eigenvalue weighted by Gasteiger charge is 2.37. The van der Waals surface area contributed by atoms with Crippen LogP contribution in [0.25, 0.3) is 0 Å². The zero-order valence-corrected chi connectivity index (χ0v) is 13.6. The van der Waals surface area contributed by atoms with Crippen molar-refractivity contribution in [2.75, 3.05) is 0 Å². The summed E-state index contributed by atoms with van der Waals surface area (Å²) >= 11 is 0. The summed E-state index contributed by atoms with van der Waals surface area (Å²) in [5, 5.41) is 8.95. The largest absolute Gasteiger partial charge is 0.481 e. The number of aliphatic carboxylic acids is 1. The quantitative estimate of drug-likeness (QED) is 0.377. The fourth-order valence-corrected chi connectivity index (χ4v) is 0.867. The average molecular weight is 292 g/mol. The van der Waals surface area contributed by atoms with Crippen LogP contribution < -0.4 is 0 Å². The van der Waals surface area contributed by atoms with E-state index in [9.17, 15) is 4.79 Å². The van der Waals surface area contributed by atoms with Crippen molar-refractivity contribution in [1.82, 2.24) is 0 Å². The lowest BCUT2D eigenvalue weighted by Crippen LogP contribution is -2.41. The van der Waals surface area contributed by atoms with Gasteiger partial charge in [-0.2, -0.15) is 9.78 Å². The second-order valence-corrected chi connectivity index (χ2v) is 6.26. The van der Waals surface area contributed by atoms with E-state index in [1.807, 2.05) is 41.5 Å². The molecule has 0 aliphatic heterocycles. The standard InChI is InChI=1S/C14H28O6/c1-8-12(3,4)17-19-14(7,10-11(15)16)20-18-13(5,6)9-2/h8-10H2,1-7H3,(H,15,16). The van der Waals surface area contributed by atoms with Crippen LogP contribution in [0, 0.1) is 0 Å². The van der Waals surface area contributed by atoms with Gasteiger partial charge >= 0.3 is 5.97 Å². The van der Waals surface area contributed by atoms with Crippen LogP contribution in [-0.2, 0) is 24.3 Å². The first-order valence-corrected chi connectivity index (χ1v) is 6.91. The molecule has 120 valence electrons. The highest BCUT2D eigenvalue weighted by molar-refractivity contribution is 5.67. The molecule has 0 bridgehead atoms. The Labute approximate surface area is 121 Å². The lowest BCUT2D eigenvalue weighted by Gasteiger charge is -2.33. The van der Waals surface area contributed by atoms with Gasteiger partial charge in [-0.15, -0.1) is 0 Å². The number of carbonyl (C=O) groups is 1. The zero-order chi connectivity index (χ0) is 16.0. The minimum Gasteiger partial charge on any atom is -0.481 e. The Kier molecular flexibility index (Phi) is 7.10. The maximum Gasteiger partial charge on any atom is 0.309 e. The van der Waals surface area contributed by atoms with Gasteiger partial charge in [0.25, 0.3) is 0 Å². The lowest BCUT2D eigenvalue weighted by molar-refractivity contribution is -0.538. The molecule has 0 aliphatic rings. The van der Waals surface area contributed by atoms with Crippen molar-refractivity contribution in [2.45, 2.75) is 84.7 Å². The fraction of sp³-hybridized carbons (Fsp3) is 0.929. The third-order valence-corrected chi connectivity index (χ3v) is 3.06. The summed E-state index contributed by atoms with van der Waals surface area (Å²) in [5.41, 5.74) is -1.08. The second-order valence-electron chi connectivity index (χ2n) is 6.26. The van der Waals surface area contributed by atoms with Crippen molar-refractivity contribution < 1.29 is 29.5 Å². The summed E-state index contributed by atoms with van der Waals surface area (Å²) in [6.07, 6.45) is 1.02. The molecule has 0 aromatic rings. The van der Waals surface area contributed by atoms with Crippen molar-refractivity contribution in [3.8, 4) is 0 Å². The maximum atomic E-state index is 10.9. The fourth-order valence-electron chi connectivity index (χ4n) is 0.867. The van der Waals surface area contributed by atoms with E-state index in [4.69, 9.17) is 24.7 Å². The van der Waals surface area contributed by atoms with Gasteiger partial charge in [0.15, 0.2) is 0 Å². The molecule has 0 heterocycles. The van der Waals surface area contributed by atoms with Crippen LogP contribution >= 0.6 is 0 Å². The zero-order valence-electron chi connectivity index (χ0n) is 13.6. The maximum absolute atomic E-state index is 10.9. The molecule has 0 spiro atoms. The monoisotopic (exact) mass is 292 g/mol. The molecule has 0 aliphatic carbocycles. The molecule has 0 rings (SSSR count). The van der Waals surface area contributed by atoms with Crippen LogP contribution in [0.4, 0.5) is 0 Å². The number of carboxylic acid groups (broad SMARTS) is 1. The van der Waals surface area contributed by atoms with Crippen LogP contribution in [-0.4, -0.2) is 28.1 Å². The van der Waals surface area contributed by atoms with E-state index < -0.39 is 29.4 Å². The van der Waals surface area contributed by atoms with Crippen LogP contribution in [0.1, 0.15) is 67.7 Å². The first-order chi connectivity index (χ1) is 8.95. The van der Waals surface area contributed by atoms with Gasteiger partial charge in [-0.3, -0.25) is 4.79 Å². The van der Waals surface area contributed by atoms with E-state index in [-0.39, 0.29) is 0 Å². The number of carboxylic acids is 1. The molecule has 0 saturated carbocycles. The van der Waals surface area contributed by atoms with Crippen LogP contribution in [0.2, 0.25) is 0 Å². The SMILES string of the molecule is CCC(C)(C)OOC(C)(CC(=O)O)OOC(C)(C)CC. The van der Waals surface area contributed by atoms with Crippen molar-refractivity contribution >= 4 is 5.97 Å². The summed E-state index contributed by atoms with van der Waals surface area (Å²) in [4.78, 5) is 31.9. The highest BCUT2D eigenvalue weighted by atomic mass is 17.3. The second kappa shape index (κ2) is 7.36. The smallest absolute Gasteiger partial charge is 0.309 e. The molecule has 0 aromatic heterocycles. The van der Waals surface area contributed by atoms with Crippen molar-refractivity contribution in [1.29, 1.82) is 0 Å².